The monoisotopic (exact) mass is 369 g/mol. The number of hydrogen-bond acceptors (Lipinski definition) is 4. The van der Waals surface area contributed by atoms with Crippen LogP contribution in [0.25, 0.3) is 6.08 Å². The van der Waals surface area contributed by atoms with Crippen LogP contribution in [0, 0.1) is 5.92 Å². The minimum atomic E-state index is -0.597. The summed E-state index contributed by atoms with van der Waals surface area (Å²) in [7, 11) is 0. The fourth-order valence-electron chi connectivity index (χ4n) is 2.30. The molecule has 0 radical (unpaired) electrons. The Morgan fingerprint density at radius 1 is 1.15 bits per heavy atom. The fraction of sp³-hybridized carbons (Fsp3) is 0.364. The zero-order valence-electron chi connectivity index (χ0n) is 16.5. The molecule has 1 N–H and O–H groups in total. The molecule has 0 spiro atoms. The van der Waals surface area contributed by atoms with E-state index in [1.807, 2.05) is 26.0 Å². The van der Waals surface area contributed by atoms with Gasteiger partial charge >= 0.3 is 5.97 Å². The second-order valence-corrected chi connectivity index (χ2v) is 7.85. The number of nitrogens with one attached hydrogen (secondary N) is 1. The van der Waals surface area contributed by atoms with Crippen molar-refractivity contribution >= 4 is 18.0 Å². The Balaban J connectivity index is 2.19. The molecule has 144 valence electrons. The molecular formula is C22H27NO4. The van der Waals surface area contributed by atoms with Gasteiger partial charge in [-0.2, -0.15) is 0 Å². The third-order valence-electron chi connectivity index (χ3n) is 3.86. The number of carbonyl (C=O) groups excluding carboxylic acids is 2. The highest BCUT2D eigenvalue weighted by molar-refractivity contribution is 6.03. The van der Waals surface area contributed by atoms with E-state index in [9.17, 15) is 9.59 Å². The topological polar surface area (TPSA) is 68.5 Å². The Labute approximate surface area is 160 Å². The predicted molar refractivity (Wildman–Crippen MR) is 105 cm³/mol. The minimum absolute atomic E-state index is 0.00000779. The molecule has 0 aliphatic carbocycles. The number of ether oxygens (including phenoxy) is 1. The standard InChI is InChI=1S/C22H27NO4/c1-15(2)14-27-21(25)19(13-18-7-6-12-26-18)23-20(24)16-8-10-17(11-9-16)22(3,4)5/h6-13,15H,14H2,1-5H3,(H,23,24)/b19-13-. The quantitative estimate of drug-likeness (QED) is 0.599. The first-order valence-electron chi connectivity index (χ1n) is 9.01. The number of carbonyl (C=O) groups is 2. The van der Waals surface area contributed by atoms with Crippen LogP contribution in [0.4, 0.5) is 0 Å². The lowest BCUT2D eigenvalue weighted by Gasteiger charge is -2.19. The van der Waals surface area contributed by atoms with E-state index < -0.39 is 5.97 Å². The van der Waals surface area contributed by atoms with Gasteiger partial charge in [-0.1, -0.05) is 46.8 Å². The zero-order valence-corrected chi connectivity index (χ0v) is 16.5. The molecule has 2 aromatic rings. The van der Waals surface area contributed by atoms with Gasteiger partial charge in [0.1, 0.15) is 11.5 Å². The van der Waals surface area contributed by atoms with E-state index in [2.05, 4.69) is 26.1 Å². The van der Waals surface area contributed by atoms with E-state index in [0.29, 0.717) is 11.3 Å². The van der Waals surface area contributed by atoms with Crippen molar-refractivity contribution in [1.29, 1.82) is 0 Å². The summed E-state index contributed by atoms with van der Waals surface area (Å²) < 4.78 is 10.5. The molecule has 5 heteroatoms. The number of benzene rings is 1. The zero-order chi connectivity index (χ0) is 20.0. The highest BCUT2D eigenvalue weighted by atomic mass is 16.5. The molecular weight excluding hydrogens is 342 g/mol. The molecule has 1 amide bonds. The fourth-order valence-corrected chi connectivity index (χ4v) is 2.30. The molecule has 0 fully saturated rings. The van der Waals surface area contributed by atoms with E-state index >= 15 is 0 Å². The first kappa shape index (κ1) is 20.5. The van der Waals surface area contributed by atoms with Gasteiger partial charge in [0.2, 0.25) is 0 Å². The first-order chi connectivity index (χ1) is 12.7. The minimum Gasteiger partial charge on any atom is -0.465 e. The second-order valence-electron chi connectivity index (χ2n) is 7.85. The molecule has 0 saturated heterocycles. The molecule has 27 heavy (non-hydrogen) atoms. The van der Waals surface area contributed by atoms with Crippen LogP contribution in [0.1, 0.15) is 56.3 Å². The molecule has 5 nitrogen and oxygen atoms in total. The summed E-state index contributed by atoms with van der Waals surface area (Å²) in [6, 6.07) is 10.7. The number of furan rings is 1. The van der Waals surface area contributed by atoms with E-state index in [1.165, 1.54) is 12.3 Å². The van der Waals surface area contributed by atoms with Crippen molar-refractivity contribution in [3.63, 3.8) is 0 Å². The normalized spacial score (nSPS) is 12.1. The van der Waals surface area contributed by atoms with Gasteiger partial charge < -0.3 is 14.5 Å². The SMILES string of the molecule is CC(C)COC(=O)/C(=C/c1ccco1)NC(=O)c1ccc(C(C)(C)C)cc1. The number of amides is 1. The summed E-state index contributed by atoms with van der Waals surface area (Å²) in [5.41, 5.74) is 1.63. The van der Waals surface area contributed by atoms with Crippen LogP contribution in [0.15, 0.2) is 52.8 Å². The largest absolute Gasteiger partial charge is 0.465 e. The highest BCUT2D eigenvalue weighted by Gasteiger charge is 2.18. The Morgan fingerprint density at radius 3 is 2.33 bits per heavy atom. The molecule has 0 atom stereocenters. The van der Waals surface area contributed by atoms with Gasteiger partial charge in [-0.25, -0.2) is 4.79 Å². The number of esters is 1. The summed E-state index contributed by atoms with van der Waals surface area (Å²) in [4.78, 5) is 25.0. The molecule has 1 aromatic heterocycles. The third kappa shape index (κ3) is 6.13. The van der Waals surface area contributed by atoms with E-state index in [0.717, 1.165) is 5.56 Å². The Morgan fingerprint density at radius 2 is 1.81 bits per heavy atom. The summed E-state index contributed by atoms with van der Waals surface area (Å²) in [5, 5.41) is 2.64. The lowest BCUT2D eigenvalue weighted by Crippen LogP contribution is -2.29. The lowest BCUT2D eigenvalue weighted by atomic mass is 9.87. The second kappa shape index (κ2) is 8.71. The van der Waals surface area contributed by atoms with Crippen LogP contribution in [-0.4, -0.2) is 18.5 Å². The van der Waals surface area contributed by atoms with Crippen LogP contribution in [-0.2, 0) is 14.9 Å². The molecule has 0 bridgehead atoms. The van der Waals surface area contributed by atoms with Crippen molar-refractivity contribution in [3.8, 4) is 0 Å². The van der Waals surface area contributed by atoms with Crippen LogP contribution >= 0.6 is 0 Å². The summed E-state index contributed by atoms with van der Waals surface area (Å²) in [6.45, 7) is 10.5. The number of hydrogen-bond donors (Lipinski definition) is 1. The van der Waals surface area contributed by atoms with Gasteiger partial charge in [-0.05, 0) is 41.2 Å². The van der Waals surface area contributed by atoms with Crippen LogP contribution in [0.5, 0.6) is 0 Å². The molecule has 2 rings (SSSR count). The van der Waals surface area contributed by atoms with Crippen molar-refractivity contribution < 1.29 is 18.7 Å². The molecule has 0 aliphatic heterocycles. The first-order valence-corrected chi connectivity index (χ1v) is 9.01. The third-order valence-corrected chi connectivity index (χ3v) is 3.86. The van der Waals surface area contributed by atoms with Gasteiger partial charge in [0.25, 0.3) is 5.91 Å². The highest BCUT2D eigenvalue weighted by Crippen LogP contribution is 2.22. The van der Waals surface area contributed by atoms with E-state index in [4.69, 9.17) is 9.15 Å². The average molecular weight is 369 g/mol. The molecule has 1 heterocycles. The Kier molecular flexibility index (Phi) is 6.61. The Hall–Kier alpha value is -2.82. The number of rotatable bonds is 6. The van der Waals surface area contributed by atoms with E-state index in [-0.39, 0.29) is 29.5 Å². The van der Waals surface area contributed by atoms with Gasteiger partial charge in [0, 0.05) is 11.6 Å². The van der Waals surface area contributed by atoms with Crippen molar-refractivity contribution in [2.75, 3.05) is 6.61 Å². The lowest BCUT2D eigenvalue weighted by molar-refractivity contribution is -0.140. The van der Waals surface area contributed by atoms with Gasteiger partial charge in [0.15, 0.2) is 0 Å². The average Bonchev–Trinajstić information content (AvgIpc) is 3.11. The van der Waals surface area contributed by atoms with Gasteiger partial charge in [-0.3, -0.25) is 4.79 Å². The van der Waals surface area contributed by atoms with Crippen molar-refractivity contribution in [1.82, 2.24) is 5.32 Å². The smallest absolute Gasteiger partial charge is 0.354 e. The summed E-state index contributed by atoms with van der Waals surface area (Å²) >= 11 is 0. The summed E-state index contributed by atoms with van der Waals surface area (Å²) in [5.74, 6) is -0.330. The van der Waals surface area contributed by atoms with Gasteiger partial charge in [0.05, 0.1) is 12.9 Å². The van der Waals surface area contributed by atoms with Crippen molar-refractivity contribution in [2.45, 2.75) is 40.0 Å². The van der Waals surface area contributed by atoms with Gasteiger partial charge in [-0.15, -0.1) is 0 Å². The maximum atomic E-state index is 12.6. The molecule has 0 aliphatic rings. The maximum absolute atomic E-state index is 12.6. The Bertz CT molecular complexity index is 794. The van der Waals surface area contributed by atoms with Crippen LogP contribution in [0.2, 0.25) is 0 Å². The van der Waals surface area contributed by atoms with E-state index in [1.54, 1.807) is 24.3 Å². The molecule has 0 saturated carbocycles. The van der Waals surface area contributed by atoms with Crippen molar-refractivity contribution in [2.24, 2.45) is 5.92 Å². The molecule has 0 unspecified atom stereocenters. The summed E-state index contributed by atoms with van der Waals surface area (Å²) in [6.07, 6.45) is 2.96. The van der Waals surface area contributed by atoms with Crippen molar-refractivity contribution in [3.05, 3.63) is 65.2 Å². The molecule has 1 aromatic carbocycles. The predicted octanol–water partition coefficient (Wildman–Crippen LogP) is 4.55. The maximum Gasteiger partial charge on any atom is 0.354 e. The van der Waals surface area contributed by atoms with Crippen LogP contribution < -0.4 is 5.32 Å². The van der Waals surface area contributed by atoms with Crippen LogP contribution in [0.3, 0.4) is 0 Å².